The zero-order valence-corrected chi connectivity index (χ0v) is 16.3. The molecule has 1 unspecified atom stereocenters. The van der Waals surface area contributed by atoms with Gasteiger partial charge in [0.15, 0.2) is 4.87 Å². The van der Waals surface area contributed by atoms with Gasteiger partial charge in [0.05, 0.1) is 5.52 Å². The fourth-order valence-electron chi connectivity index (χ4n) is 3.26. The molecule has 1 N–H and O–H groups in total. The monoisotopic (exact) mass is 388 g/mol. The highest BCUT2D eigenvalue weighted by molar-refractivity contribution is 8.00. The third-order valence-electron chi connectivity index (χ3n) is 4.70. The van der Waals surface area contributed by atoms with Gasteiger partial charge >= 0.3 is 0 Å². The van der Waals surface area contributed by atoms with Crippen molar-refractivity contribution in [2.24, 2.45) is 0 Å². The van der Waals surface area contributed by atoms with E-state index < -0.39 is 4.87 Å². The Morgan fingerprint density at radius 1 is 0.964 bits per heavy atom. The summed E-state index contributed by atoms with van der Waals surface area (Å²) in [5.41, 5.74) is 3.40. The topological polar surface area (TPSA) is 59.8 Å². The first-order chi connectivity index (χ1) is 13.7. The van der Waals surface area contributed by atoms with Gasteiger partial charge in [-0.2, -0.15) is 0 Å². The van der Waals surface area contributed by atoms with Gasteiger partial charge in [-0.3, -0.25) is 4.79 Å². The van der Waals surface area contributed by atoms with Gasteiger partial charge in [0.25, 0.3) is 5.91 Å². The molecular weight excluding hydrogens is 368 g/mol. The van der Waals surface area contributed by atoms with Gasteiger partial charge in [0, 0.05) is 12.1 Å². The molecule has 0 bridgehead atoms. The van der Waals surface area contributed by atoms with Crippen molar-refractivity contribution >= 4 is 34.4 Å². The van der Waals surface area contributed by atoms with Gasteiger partial charge < -0.3 is 5.32 Å². The van der Waals surface area contributed by atoms with E-state index in [1.165, 1.54) is 11.8 Å². The smallest absolute Gasteiger partial charge is 0.263 e. The molecule has 0 aliphatic rings. The number of carbonyl (C=O) groups is 1. The van der Waals surface area contributed by atoms with Gasteiger partial charge in [0.2, 0.25) is 0 Å². The number of amides is 1. The first-order valence-corrected chi connectivity index (χ1v) is 10.2. The lowest BCUT2D eigenvalue weighted by Crippen LogP contribution is -2.45. The predicted octanol–water partition coefficient (Wildman–Crippen LogP) is 4.33. The number of fused-ring (bicyclic) bond motifs is 1. The van der Waals surface area contributed by atoms with E-state index in [9.17, 15) is 4.79 Å². The number of nitrogens with one attached hydrogen (secondary N) is 1. The summed E-state index contributed by atoms with van der Waals surface area (Å²) >= 11 is 1.46. The molecule has 1 amide bonds. The van der Waals surface area contributed by atoms with E-state index in [-0.39, 0.29) is 5.91 Å². The number of anilines is 1. The number of benzene rings is 3. The second kappa shape index (κ2) is 7.86. The molecule has 0 saturated carbocycles. The van der Waals surface area contributed by atoms with E-state index in [1.54, 1.807) is 4.68 Å². The van der Waals surface area contributed by atoms with Crippen LogP contribution in [0.4, 0.5) is 5.69 Å². The van der Waals surface area contributed by atoms with Crippen LogP contribution in [0.3, 0.4) is 0 Å². The van der Waals surface area contributed by atoms with Crippen LogP contribution in [0.1, 0.15) is 5.56 Å². The largest absolute Gasteiger partial charge is 0.323 e. The standard InChI is InChI=1S/C22H20N4OS/c1-28-22(16-17-10-4-2-5-11-17,21(27)23-18-12-6-3-7-13-18)26-20-15-9-8-14-19(20)24-25-26/h2-15H,16H2,1H3,(H,23,27). The molecule has 140 valence electrons. The number of nitrogens with zero attached hydrogens (tertiary/aromatic N) is 3. The highest BCUT2D eigenvalue weighted by atomic mass is 32.2. The van der Waals surface area contributed by atoms with E-state index in [0.29, 0.717) is 6.42 Å². The molecule has 6 heteroatoms. The van der Waals surface area contributed by atoms with Crippen molar-refractivity contribution in [2.75, 3.05) is 11.6 Å². The van der Waals surface area contributed by atoms with Gasteiger partial charge in [-0.1, -0.05) is 65.9 Å². The van der Waals surface area contributed by atoms with Crippen LogP contribution in [0.2, 0.25) is 0 Å². The lowest BCUT2D eigenvalue weighted by Gasteiger charge is -2.31. The normalized spacial score (nSPS) is 13.2. The molecule has 0 aliphatic heterocycles. The van der Waals surface area contributed by atoms with E-state index in [4.69, 9.17) is 0 Å². The molecule has 3 aromatic carbocycles. The Morgan fingerprint density at radius 3 is 2.32 bits per heavy atom. The minimum Gasteiger partial charge on any atom is -0.323 e. The van der Waals surface area contributed by atoms with E-state index in [0.717, 1.165) is 22.3 Å². The van der Waals surface area contributed by atoms with Crippen LogP contribution in [0.25, 0.3) is 11.0 Å². The number of thioether (sulfide) groups is 1. The number of carbonyl (C=O) groups excluding carboxylic acids is 1. The minimum absolute atomic E-state index is 0.134. The Balaban J connectivity index is 1.83. The first-order valence-electron chi connectivity index (χ1n) is 8.99. The van der Waals surface area contributed by atoms with Crippen molar-refractivity contribution in [2.45, 2.75) is 11.3 Å². The summed E-state index contributed by atoms with van der Waals surface area (Å²) in [6.07, 6.45) is 2.42. The van der Waals surface area contributed by atoms with Gasteiger partial charge in [-0.25, -0.2) is 4.68 Å². The molecule has 0 spiro atoms. The van der Waals surface area contributed by atoms with Crippen molar-refractivity contribution in [3.05, 3.63) is 90.5 Å². The lowest BCUT2D eigenvalue weighted by atomic mass is 10.0. The van der Waals surface area contributed by atoms with Gasteiger partial charge in [-0.15, -0.1) is 16.9 Å². The zero-order chi connectivity index (χ0) is 19.4. The van der Waals surface area contributed by atoms with Crippen molar-refractivity contribution in [1.29, 1.82) is 0 Å². The maximum absolute atomic E-state index is 13.6. The fourth-order valence-corrected chi connectivity index (χ4v) is 4.12. The fraction of sp³-hybridized carbons (Fsp3) is 0.136. The Morgan fingerprint density at radius 2 is 1.61 bits per heavy atom. The molecule has 0 aliphatic carbocycles. The Kier molecular flexibility index (Phi) is 5.12. The highest BCUT2D eigenvalue weighted by Crippen LogP contribution is 2.36. The average molecular weight is 388 g/mol. The summed E-state index contributed by atoms with van der Waals surface area (Å²) in [6, 6.07) is 27.2. The van der Waals surface area contributed by atoms with Crippen LogP contribution in [0.5, 0.6) is 0 Å². The first kappa shape index (κ1) is 18.3. The van der Waals surface area contributed by atoms with E-state index >= 15 is 0 Å². The third-order valence-corrected chi connectivity index (χ3v) is 5.88. The average Bonchev–Trinajstić information content (AvgIpc) is 3.18. The SMILES string of the molecule is CSC(Cc1ccccc1)(C(=O)Nc1ccccc1)n1nnc2ccccc21. The van der Waals surface area contributed by atoms with Crippen LogP contribution in [-0.4, -0.2) is 27.2 Å². The summed E-state index contributed by atoms with van der Waals surface area (Å²) in [6.45, 7) is 0. The van der Waals surface area contributed by atoms with Crippen molar-refractivity contribution in [1.82, 2.24) is 15.0 Å². The molecular formula is C22H20N4OS. The summed E-state index contributed by atoms with van der Waals surface area (Å²) < 4.78 is 1.75. The Labute approximate surface area is 167 Å². The molecule has 0 saturated heterocycles. The van der Waals surface area contributed by atoms with Gasteiger partial charge in [0.1, 0.15) is 5.52 Å². The molecule has 28 heavy (non-hydrogen) atoms. The zero-order valence-electron chi connectivity index (χ0n) is 15.4. The van der Waals surface area contributed by atoms with E-state index in [2.05, 4.69) is 15.6 Å². The molecule has 5 nitrogen and oxygen atoms in total. The van der Waals surface area contributed by atoms with Crippen molar-refractivity contribution in [3.8, 4) is 0 Å². The van der Waals surface area contributed by atoms with Crippen LogP contribution in [0.15, 0.2) is 84.9 Å². The summed E-state index contributed by atoms with van der Waals surface area (Å²) in [7, 11) is 0. The Hall–Kier alpha value is -3.12. The number of hydrogen-bond donors (Lipinski definition) is 1. The molecule has 0 fully saturated rings. The quantitative estimate of drug-likeness (QED) is 0.534. The maximum atomic E-state index is 13.6. The maximum Gasteiger partial charge on any atom is 0.263 e. The molecule has 4 aromatic rings. The van der Waals surface area contributed by atoms with Crippen molar-refractivity contribution < 1.29 is 4.79 Å². The third kappa shape index (κ3) is 3.39. The summed E-state index contributed by atoms with van der Waals surface area (Å²) in [4.78, 5) is 12.6. The van der Waals surface area contributed by atoms with Crippen LogP contribution in [0, 0.1) is 0 Å². The molecule has 1 atom stereocenters. The summed E-state index contributed by atoms with van der Waals surface area (Å²) in [5.74, 6) is -0.134. The van der Waals surface area contributed by atoms with Crippen molar-refractivity contribution in [3.63, 3.8) is 0 Å². The molecule has 1 heterocycles. The molecule has 4 rings (SSSR count). The highest BCUT2D eigenvalue weighted by Gasteiger charge is 2.42. The van der Waals surface area contributed by atoms with Crippen LogP contribution >= 0.6 is 11.8 Å². The number of aromatic nitrogens is 3. The van der Waals surface area contributed by atoms with Crippen LogP contribution in [-0.2, 0) is 16.1 Å². The predicted molar refractivity (Wildman–Crippen MR) is 114 cm³/mol. The number of rotatable bonds is 6. The molecule has 0 radical (unpaired) electrons. The van der Waals surface area contributed by atoms with Crippen LogP contribution < -0.4 is 5.32 Å². The number of hydrogen-bond acceptors (Lipinski definition) is 4. The van der Waals surface area contributed by atoms with E-state index in [1.807, 2.05) is 91.2 Å². The second-order valence-electron chi connectivity index (χ2n) is 6.46. The minimum atomic E-state index is -0.979. The Bertz CT molecular complexity index is 1080. The molecule has 1 aromatic heterocycles. The second-order valence-corrected chi connectivity index (χ2v) is 7.54. The summed E-state index contributed by atoms with van der Waals surface area (Å²) in [5, 5.41) is 11.7. The number of para-hydroxylation sites is 2. The van der Waals surface area contributed by atoms with Gasteiger partial charge in [-0.05, 0) is 36.1 Å². The lowest BCUT2D eigenvalue weighted by molar-refractivity contribution is -0.120.